The molecule has 4 N–H and O–H groups in total. The van der Waals surface area contributed by atoms with Gasteiger partial charge in [0.05, 0.1) is 5.69 Å². The van der Waals surface area contributed by atoms with E-state index in [4.69, 9.17) is 5.73 Å². The van der Waals surface area contributed by atoms with Crippen molar-refractivity contribution in [3.63, 3.8) is 0 Å². The van der Waals surface area contributed by atoms with Crippen LogP contribution in [0.1, 0.15) is 5.56 Å². The van der Waals surface area contributed by atoms with E-state index in [1.807, 2.05) is 19.1 Å². The topological polar surface area (TPSA) is 71.2 Å². The van der Waals surface area contributed by atoms with Crippen LogP contribution >= 0.6 is 0 Å². The summed E-state index contributed by atoms with van der Waals surface area (Å²) in [6.45, 7) is 1.92. The van der Waals surface area contributed by atoms with E-state index < -0.39 is 0 Å². The zero-order chi connectivity index (χ0) is 11.5. The van der Waals surface area contributed by atoms with Crippen LogP contribution in [0, 0.1) is 6.92 Å². The highest BCUT2D eigenvalue weighted by Gasteiger charge is 2.03. The SMILES string of the molecule is Cc1ccnc(Nc2cccc(O)c2)c1N. The van der Waals surface area contributed by atoms with Crippen LogP contribution < -0.4 is 11.1 Å². The third-order valence-electron chi connectivity index (χ3n) is 2.32. The van der Waals surface area contributed by atoms with Crippen molar-refractivity contribution >= 4 is 17.2 Å². The summed E-state index contributed by atoms with van der Waals surface area (Å²) in [6.07, 6.45) is 1.69. The zero-order valence-electron chi connectivity index (χ0n) is 8.94. The standard InChI is InChI=1S/C12H13N3O/c1-8-5-6-14-12(11(8)13)15-9-3-2-4-10(16)7-9/h2-7,16H,13H2,1H3,(H,14,15). The highest BCUT2D eigenvalue weighted by Crippen LogP contribution is 2.24. The Bertz CT molecular complexity index is 511. The summed E-state index contributed by atoms with van der Waals surface area (Å²) in [7, 11) is 0. The average Bonchev–Trinajstić information content (AvgIpc) is 2.25. The van der Waals surface area contributed by atoms with Gasteiger partial charge in [0.1, 0.15) is 5.75 Å². The Morgan fingerprint density at radius 2 is 2.12 bits per heavy atom. The third kappa shape index (κ3) is 2.06. The molecular weight excluding hydrogens is 202 g/mol. The van der Waals surface area contributed by atoms with Crippen molar-refractivity contribution in [3.8, 4) is 5.75 Å². The maximum Gasteiger partial charge on any atom is 0.153 e. The van der Waals surface area contributed by atoms with Gasteiger partial charge in [-0.2, -0.15) is 0 Å². The van der Waals surface area contributed by atoms with Crippen molar-refractivity contribution in [2.75, 3.05) is 11.1 Å². The quantitative estimate of drug-likeness (QED) is 0.719. The van der Waals surface area contributed by atoms with Crippen LogP contribution in [0.15, 0.2) is 36.5 Å². The van der Waals surface area contributed by atoms with Gasteiger partial charge in [-0.1, -0.05) is 6.07 Å². The minimum absolute atomic E-state index is 0.205. The van der Waals surface area contributed by atoms with Crippen molar-refractivity contribution in [2.45, 2.75) is 6.92 Å². The Balaban J connectivity index is 2.31. The molecule has 0 aliphatic heterocycles. The molecular formula is C12H13N3O. The number of phenols is 1. The molecule has 2 rings (SSSR count). The van der Waals surface area contributed by atoms with Gasteiger partial charge in [-0.3, -0.25) is 0 Å². The number of pyridine rings is 1. The number of nitrogens with two attached hydrogens (primary N) is 1. The van der Waals surface area contributed by atoms with Crippen LogP contribution in [-0.4, -0.2) is 10.1 Å². The molecule has 1 aromatic heterocycles. The van der Waals surface area contributed by atoms with E-state index in [1.54, 1.807) is 24.4 Å². The van der Waals surface area contributed by atoms with Gasteiger partial charge in [-0.25, -0.2) is 4.98 Å². The summed E-state index contributed by atoms with van der Waals surface area (Å²) in [5, 5.41) is 12.4. The Labute approximate surface area is 93.8 Å². The largest absolute Gasteiger partial charge is 0.508 e. The molecule has 0 atom stereocenters. The Kier molecular flexibility index (Phi) is 2.64. The van der Waals surface area contributed by atoms with Crippen molar-refractivity contribution in [3.05, 3.63) is 42.1 Å². The predicted octanol–water partition coefficient (Wildman–Crippen LogP) is 2.42. The van der Waals surface area contributed by atoms with Crippen LogP contribution in [0.5, 0.6) is 5.75 Å². The van der Waals surface area contributed by atoms with Gasteiger partial charge in [-0.05, 0) is 30.7 Å². The van der Waals surface area contributed by atoms with E-state index in [0.29, 0.717) is 11.5 Å². The molecule has 0 saturated heterocycles. The van der Waals surface area contributed by atoms with Gasteiger partial charge in [0.2, 0.25) is 0 Å². The fraction of sp³-hybridized carbons (Fsp3) is 0.0833. The van der Waals surface area contributed by atoms with Crippen LogP contribution in [-0.2, 0) is 0 Å². The molecule has 1 heterocycles. The number of nitrogen functional groups attached to an aromatic ring is 1. The molecule has 0 saturated carbocycles. The number of benzene rings is 1. The van der Waals surface area contributed by atoms with Crippen LogP contribution in [0.3, 0.4) is 0 Å². The first-order valence-electron chi connectivity index (χ1n) is 4.94. The summed E-state index contributed by atoms with van der Waals surface area (Å²) in [5.74, 6) is 0.807. The first kappa shape index (κ1) is 10.3. The zero-order valence-corrected chi connectivity index (χ0v) is 8.94. The van der Waals surface area contributed by atoms with Crippen LogP contribution in [0.4, 0.5) is 17.2 Å². The smallest absolute Gasteiger partial charge is 0.153 e. The third-order valence-corrected chi connectivity index (χ3v) is 2.32. The van der Waals surface area contributed by atoms with Gasteiger partial charge in [0, 0.05) is 18.0 Å². The van der Waals surface area contributed by atoms with Gasteiger partial charge in [-0.15, -0.1) is 0 Å². The summed E-state index contributed by atoms with van der Waals surface area (Å²) in [5.41, 5.74) is 8.22. The highest BCUT2D eigenvalue weighted by molar-refractivity contribution is 5.71. The second-order valence-corrected chi connectivity index (χ2v) is 3.57. The van der Waals surface area contributed by atoms with Gasteiger partial charge in [0.25, 0.3) is 0 Å². The molecule has 4 heteroatoms. The maximum atomic E-state index is 9.32. The second-order valence-electron chi connectivity index (χ2n) is 3.57. The number of anilines is 3. The first-order chi connectivity index (χ1) is 7.66. The number of nitrogens with zero attached hydrogens (tertiary/aromatic N) is 1. The number of aromatic nitrogens is 1. The molecule has 0 spiro atoms. The highest BCUT2D eigenvalue weighted by atomic mass is 16.3. The number of phenolic OH excluding ortho intramolecular Hbond substituents is 1. The molecule has 0 radical (unpaired) electrons. The van der Waals surface area contributed by atoms with Crippen molar-refractivity contribution in [1.82, 2.24) is 4.98 Å². The van der Waals surface area contributed by atoms with E-state index in [-0.39, 0.29) is 5.75 Å². The molecule has 0 unspecified atom stereocenters. The first-order valence-corrected chi connectivity index (χ1v) is 4.94. The van der Waals surface area contributed by atoms with Gasteiger partial charge in [0.15, 0.2) is 5.82 Å². The fourth-order valence-electron chi connectivity index (χ4n) is 1.39. The average molecular weight is 215 g/mol. The fourth-order valence-corrected chi connectivity index (χ4v) is 1.39. The number of rotatable bonds is 2. The molecule has 0 fully saturated rings. The normalized spacial score (nSPS) is 10.1. The van der Waals surface area contributed by atoms with Crippen molar-refractivity contribution in [2.24, 2.45) is 0 Å². The number of aromatic hydroxyl groups is 1. The minimum atomic E-state index is 0.205. The molecule has 0 aliphatic carbocycles. The lowest BCUT2D eigenvalue weighted by Gasteiger charge is -2.09. The number of nitrogens with one attached hydrogen (secondary N) is 1. The summed E-state index contributed by atoms with van der Waals surface area (Å²) >= 11 is 0. The van der Waals surface area contributed by atoms with E-state index >= 15 is 0 Å². The van der Waals surface area contributed by atoms with Crippen LogP contribution in [0.2, 0.25) is 0 Å². The van der Waals surface area contributed by atoms with Gasteiger partial charge < -0.3 is 16.2 Å². The molecule has 0 aliphatic rings. The van der Waals surface area contributed by atoms with Crippen molar-refractivity contribution < 1.29 is 5.11 Å². The molecule has 2 aromatic rings. The summed E-state index contributed by atoms with van der Waals surface area (Å²) < 4.78 is 0. The molecule has 0 bridgehead atoms. The molecule has 1 aromatic carbocycles. The monoisotopic (exact) mass is 215 g/mol. The number of hydrogen-bond acceptors (Lipinski definition) is 4. The molecule has 0 amide bonds. The lowest BCUT2D eigenvalue weighted by molar-refractivity contribution is 0.475. The van der Waals surface area contributed by atoms with E-state index in [2.05, 4.69) is 10.3 Å². The Morgan fingerprint density at radius 1 is 1.31 bits per heavy atom. The van der Waals surface area contributed by atoms with Gasteiger partial charge >= 0.3 is 0 Å². The van der Waals surface area contributed by atoms with Crippen molar-refractivity contribution in [1.29, 1.82) is 0 Å². The Hall–Kier alpha value is -2.23. The second kappa shape index (κ2) is 4.10. The summed E-state index contributed by atoms with van der Waals surface area (Å²) in [4.78, 5) is 4.15. The molecule has 16 heavy (non-hydrogen) atoms. The number of hydrogen-bond donors (Lipinski definition) is 3. The Morgan fingerprint density at radius 3 is 2.88 bits per heavy atom. The lowest BCUT2D eigenvalue weighted by Crippen LogP contribution is -2.00. The van der Waals surface area contributed by atoms with Crippen LogP contribution in [0.25, 0.3) is 0 Å². The minimum Gasteiger partial charge on any atom is -0.508 e. The van der Waals surface area contributed by atoms with E-state index in [0.717, 1.165) is 11.3 Å². The number of aryl methyl sites for hydroxylation is 1. The molecule has 4 nitrogen and oxygen atoms in total. The molecule has 82 valence electrons. The maximum absolute atomic E-state index is 9.32. The predicted molar refractivity (Wildman–Crippen MR) is 64.8 cm³/mol. The summed E-state index contributed by atoms with van der Waals surface area (Å²) in [6, 6.07) is 8.66. The lowest BCUT2D eigenvalue weighted by atomic mass is 10.2. The van der Waals surface area contributed by atoms with E-state index in [1.165, 1.54) is 0 Å². The van der Waals surface area contributed by atoms with E-state index in [9.17, 15) is 5.11 Å².